The van der Waals surface area contributed by atoms with Crippen molar-refractivity contribution in [3.05, 3.63) is 78.1 Å². The van der Waals surface area contributed by atoms with Gasteiger partial charge in [0.15, 0.2) is 0 Å². The number of likely N-dealkylation sites (N-methyl/N-ethyl adjacent to an activating group) is 1. The van der Waals surface area contributed by atoms with E-state index in [0.717, 1.165) is 0 Å². The van der Waals surface area contributed by atoms with Crippen molar-refractivity contribution in [3.8, 4) is 11.5 Å². The number of hydrogen-bond donors (Lipinski definition) is 3. The monoisotopic (exact) mass is 614 g/mol. The molecule has 11 nitrogen and oxygen atoms in total. The molecule has 43 heavy (non-hydrogen) atoms. The van der Waals surface area contributed by atoms with Crippen LogP contribution in [0.15, 0.2) is 71.6 Å². The molecule has 13 heteroatoms. The first-order valence-corrected chi connectivity index (χ1v) is 15.0. The number of amides is 3. The molecule has 0 radical (unpaired) electrons. The Hall–Kier alpha value is -4.20. The van der Waals surface area contributed by atoms with Gasteiger partial charge in [0.25, 0.3) is 5.91 Å². The normalized spacial score (nSPS) is 17.7. The van der Waals surface area contributed by atoms with E-state index in [1.807, 2.05) is 6.92 Å². The highest BCUT2D eigenvalue weighted by Crippen LogP contribution is 2.31. The molecule has 0 aliphatic carbocycles. The first-order valence-electron chi connectivity index (χ1n) is 13.6. The highest BCUT2D eigenvalue weighted by Gasteiger charge is 2.35. The van der Waals surface area contributed by atoms with Crippen molar-refractivity contribution in [2.75, 3.05) is 44.5 Å². The van der Waals surface area contributed by atoms with Gasteiger partial charge in [-0.1, -0.05) is 6.92 Å². The van der Waals surface area contributed by atoms with Gasteiger partial charge in [0.05, 0.1) is 36.8 Å². The van der Waals surface area contributed by atoms with Crippen molar-refractivity contribution < 1.29 is 37.0 Å². The van der Waals surface area contributed by atoms with Gasteiger partial charge in [0.1, 0.15) is 23.4 Å². The topological polar surface area (TPSA) is 138 Å². The molecule has 0 spiro atoms. The van der Waals surface area contributed by atoms with Gasteiger partial charge in [-0.3, -0.25) is 4.79 Å². The van der Waals surface area contributed by atoms with Gasteiger partial charge in [-0.2, -0.15) is 4.31 Å². The van der Waals surface area contributed by atoms with Crippen LogP contribution in [-0.2, 0) is 10.0 Å². The van der Waals surface area contributed by atoms with Crippen LogP contribution >= 0.6 is 0 Å². The van der Waals surface area contributed by atoms with Crippen LogP contribution in [0, 0.1) is 11.7 Å². The van der Waals surface area contributed by atoms with Crippen LogP contribution in [-0.4, -0.2) is 80.7 Å². The fourth-order valence-electron chi connectivity index (χ4n) is 4.62. The number of fused-ring (bicyclic) bond motifs is 1. The van der Waals surface area contributed by atoms with E-state index in [2.05, 4.69) is 10.6 Å². The molecule has 0 saturated carbocycles. The summed E-state index contributed by atoms with van der Waals surface area (Å²) in [5.74, 6) is -0.441. The SMILES string of the molecule is COc1ccc(S(=O)(=O)N(C)C[C@@H]2Oc3ccc(NC(=O)Nc4ccc(F)cc4)cc3C(=O)N([C@H](C)CO)C[C@@H]2C)cc1. The third kappa shape index (κ3) is 7.42. The molecule has 1 heterocycles. The maximum atomic E-state index is 13.7. The summed E-state index contributed by atoms with van der Waals surface area (Å²) >= 11 is 0. The molecule has 0 saturated heterocycles. The fourth-order valence-corrected chi connectivity index (χ4v) is 5.81. The molecule has 3 atom stereocenters. The average molecular weight is 615 g/mol. The zero-order valence-corrected chi connectivity index (χ0v) is 25.1. The van der Waals surface area contributed by atoms with E-state index < -0.39 is 39.9 Å². The summed E-state index contributed by atoms with van der Waals surface area (Å²) in [6.07, 6.45) is -0.668. The van der Waals surface area contributed by atoms with Crippen LogP contribution in [0.1, 0.15) is 24.2 Å². The van der Waals surface area contributed by atoms with Crippen LogP contribution in [0.2, 0.25) is 0 Å². The number of nitrogens with zero attached hydrogens (tertiary/aromatic N) is 2. The maximum absolute atomic E-state index is 13.7. The Morgan fingerprint density at radius 3 is 2.37 bits per heavy atom. The second-order valence-corrected chi connectivity index (χ2v) is 12.4. The number of urea groups is 1. The molecule has 4 rings (SSSR count). The van der Waals surface area contributed by atoms with Crippen molar-refractivity contribution in [2.45, 2.75) is 30.9 Å². The summed E-state index contributed by atoms with van der Waals surface area (Å²) in [6, 6.07) is 14.7. The largest absolute Gasteiger partial charge is 0.497 e. The number of nitrogens with one attached hydrogen (secondary N) is 2. The number of benzene rings is 3. The number of aliphatic hydroxyl groups excluding tert-OH is 1. The maximum Gasteiger partial charge on any atom is 0.323 e. The smallest absolute Gasteiger partial charge is 0.323 e. The van der Waals surface area contributed by atoms with Gasteiger partial charge >= 0.3 is 6.03 Å². The van der Waals surface area contributed by atoms with Crippen LogP contribution in [0.25, 0.3) is 0 Å². The number of hydrogen-bond acceptors (Lipinski definition) is 7. The minimum absolute atomic E-state index is 0.0232. The number of aliphatic hydroxyl groups is 1. The number of methoxy groups -OCH3 is 1. The Labute approximate surface area is 250 Å². The van der Waals surface area contributed by atoms with Crippen molar-refractivity contribution in [1.29, 1.82) is 0 Å². The molecule has 0 bridgehead atoms. The van der Waals surface area contributed by atoms with Crippen LogP contribution in [0.4, 0.5) is 20.6 Å². The third-order valence-corrected chi connectivity index (χ3v) is 9.07. The number of anilines is 2. The van der Waals surface area contributed by atoms with Crippen molar-refractivity contribution in [3.63, 3.8) is 0 Å². The molecular weight excluding hydrogens is 579 g/mol. The summed E-state index contributed by atoms with van der Waals surface area (Å²) in [7, 11) is -0.923. The molecule has 3 aromatic rings. The number of ether oxygens (including phenoxy) is 2. The molecule has 230 valence electrons. The van der Waals surface area contributed by atoms with E-state index in [-0.39, 0.29) is 47.5 Å². The van der Waals surface area contributed by atoms with E-state index >= 15 is 0 Å². The molecule has 1 aliphatic rings. The number of rotatable bonds is 9. The zero-order chi connectivity index (χ0) is 31.3. The Bertz CT molecular complexity index is 1550. The minimum Gasteiger partial charge on any atom is -0.497 e. The van der Waals surface area contributed by atoms with Crippen LogP contribution < -0.4 is 20.1 Å². The second kappa shape index (κ2) is 13.4. The van der Waals surface area contributed by atoms with Gasteiger partial charge in [-0.15, -0.1) is 0 Å². The lowest BCUT2D eigenvalue weighted by atomic mass is 9.99. The Kier molecular flexibility index (Phi) is 9.89. The van der Waals surface area contributed by atoms with Crippen LogP contribution in [0.5, 0.6) is 11.5 Å². The minimum atomic E-state index is -3.88. The van der Waals surface area contributed by atoms with Gasteiger partial charge in [-0.25, -0.2) is 17.6 Å². The molecule has 0 unspecified atom stereocenters. The van der Waals surface area contributed by atoms with Gasteiger partial charge < -0.3 is 30.1 Å². The number of sulfonamides is 1. The molecule has 0 fully saturated rings. The quantitative estimate of drug-likeness (QED) is 0.331. The van der Waals surface area contributed by atoms with E-state index in [1.54, 1.807) is 25.1 Å². The zero-order valence-electron chi connectivity index (χ0n) is 24.3. The molecule has 1 aliphatic heterocycles. The summed E-state index contributed by atoms with van der Waals surface area (Å²) in [5.41, 5.74) is 0.798. The number of halogens is 1. The fraction of sp³-hybridized carbons (Fsp3) is 0.333. The van der Waals surface area contributed by atoms with Crippen molar-refractivity contribution in [2.24, 2.45) is 5.92 Å². The molecule has 0 aromatic heterocycles. The lowest BCUT2D eigenvalue weighted by Crippen LogP contribution is -2.50. The van der Waals surface area contributed by atoms with E-state index in [9.17, 15) is 27.5 Å². The van der Waals surface area contributed by atoms with Crippen LogP contribution in [0.3, 0.4) is 0 Å². The van der Waals surface area contributed by atoms with E-state index in [4.69, 9.17) is 9.47 Å². The molecule has 3 aromatic carbocycles. The van der Waals surface area contributed by atoms with Gasteiger partial charge in [-0.05, 0) is 73.7 Å². The average Bonchev–Trinajstić information content (AvgIpc) is 2.99. The van der Waals surface area contributed by atoms with Gasteiger partial charge in [0.2, 0.25) is 10.0 Å². The third-order valence-electron chi connectivity index (χ3n) is 7.23. The lowest BCUT2D eigenvalue weighted by Gasteiger charge is -2.38. The summed E-state index contributed by atoms with van der Waals surface area (Å²) < 4.78 is 52.5. The first-order chi connectivity index (χ1) is 20.4. The van der Waals surface area contributed by atoms with Gasteiger partial charge in [0, 0.05) is 30.9 Å². The number of carbonyl (C=O) groups is 2. The predicted molar refractivity (Wildman–Crippen MR) is 159 cm³/mol. The first kappa shape index (κ1) is 31.7. The van der Waals surface area contributed by atoms with E-state index in [1.165, 1.54) is 71.9 Å². The van der Waals surface area contributed by atoms with Crippen molar-refractivity contribution in [1.82, 2.24) is 9.21 Å². The summed E-state index contributed by atoms with van der Waals surface area (Å²) in [4.78, 5) is 27.9. The standard InChI is InChI=1S/C30H35FN4O7S/c1-19-16-35(20(2)18-36)29(37)26-15-23(33-30(38)32-22-7-5-21(31)6-8-22)9-14-27(26)42-28(19)17-34(3)43(39,40)25-12-10-24(41-4)11-13-25/h5-15,19-20,28,36H,16-18H2,1-4H3,(H2,32,33,38)/t19-,20+,28-/m0/s1. The Balaban J connectivity index is 1.60. The number of carbonyl (C=O) groups excluding carboxylic acids is 2. The Morgan fingerprint density at radius 2 is 1.74 bits per heavy atom. The molecule has 3 N–H and O–H groups in total. The lowest BCUT2D eigenvalue weighted by molar-refractivity contribution is 0.0387. The molecule has 3 amide bonds. The highest BCUT2D eigenvalue weighted by molar-refractivity contribution is 7.89. The summed E-state index contributed by atoms with van der Waals surface area (Å²) in [5, 5.41) is 15.1. The predicted octanol–water partition coefficient (Wildman–Crippen LogP) is 4.02. The van der Waals surface area contributed by atoms with Crippen molar-refractivity contribution >= 4 is 33.3 Å². The van der Waals surface area contributed by atoms with E-state index in [0.29, 0.717) is 11.4 Å². The highest BCUT2D eigenvalue weighted by atomic mass is 32.2. The molecular formula is C30H35FN4O7S. The summed E-state index contributed by atoms with van der Waals surface area (Å²) in [6.45, 7) is 3.43. The second-order valence-electron chi connectivity index (χ2n) is 10.4. The Morgan fingerprint density at radius 1 is 1.12 bits per heavy atom.